The highest BCUT2D eigenvalue weighted by Gasteiger charge is 2.21. The van der Waals surface area contributed by atoms with Gasteiger partial charge in [0.2, 0.25) is 0 Å². The Morgan fingerprint density at radius 3 is 2.37 bits per heavy atom. The standard InChI is InChI=1S/C15H20N2O2/c1-9-11-7-13(19-5)10(8-18)6-12(11)14(17-16-9)15(2,3)4/h6-7,18H,8H2,1-5H3. The maximum Gasteiger partial charge on any atom is 0.125 e. The van der Waals surface area contributed by atoms with Crippen LogP contribution in [0.3, 0.4) is 0 Å². The zero-order valence-electron chi connectivity index (χ0n) is 12.1. The van der Waals surface area contributed by atoms with E-state index in [1.54, 1.807) is 7.11 Å². The summed E-state index contributed by atoms with van der Waals surface area (Å²) in [5.41, 5.74) is 2.48. The highest BCUT2D eigenvalue weighted by Crippen LogP contribution is 2.33. The maximum atomic E-state index is 9.46. The lowest BCUT2D eigenvalue weighted by Crippen LogP contribution is -2.16. The molecule has 0 unspecified atom stereocenters. The molecular formula is C15H20N2O2. The summed E-state index contributed by atoms with van der Waals surface area (Å²) in [6.07, 6.45) is 0. The van der Waals surface area contributed by atoms with Crippen LogP contribution in [0.5, 0.6) is 5.75 Å². The van der Waals surface area contributed by atoms with E-state index in [-0.39, 0.29) is 12.0 Å². The van der Waals surface area contributed by atoms with Crippen molar-refractivity contribution in [3.8, 4) is 5.75 Å². The van der Waals surface area contributed by atoms with Gasteiger partial charge in [-0.15, -0.1) is 0 Å². The van der Waals surface area contributed by atoms with Crippen LogP contribution in [0.25, 0.3) is 10.8 Å². The van der Waals surface area contributed by atoms with E-state index in [1.807, 2.05) is 19.1 Å². The monoisotopic (exact) mass is 260 g/mol. The van der Waals surface area contributed by atoms with Crippen LogP contribution in [0.15, 0.2) is 12.1 Å². The first-order chi connectivity index (χ1) is 8.88. The van der Waals surface area contributed by atoms with Gasteiger partial charge >= 0.3 is 0 Å². The lowest BCUT2D eigenvalue weighted by atomic mass is 9.88. The fourth-order valence-corrected chi connectivity index (χ4v) is 2.22. The first-order valence-corrected chi connectivity index (χ1v) is 6.33. The van der Waals surface area contributed by atoms with Crippen LogP contribution in [-0.4, -0.2) is 22.4 Å². The third kappa shape index (κ3) is 2.40. The molecule has 0 aliphatic heterocycles. The molecule has 1 aromatic heterocycles. The van der Waals surface area contributed by atoms with Crippen molar-refractivity contribution < 1.29 is 9.84 Å². The van der Waals surface area contributed by atoms with Crippen molar-refractivity contribution >= 4 is 10.8 Å². The lowest BCUT2D eigenvalue weighted by Gasteiger charge is -2.20. The Morgan fingerprint density at radius 2 is 1.84 bits per heavy atom. The van der Waals surface area contributed by atoms with Gasteiger partial charge in [0.1, 0.15) is 5.75 Å². The summed E-state index contributed by atoms with van der Waals surface area (Å²) in [5.74, 6) is 0.686. The number of aliphatic hydroxyl groups is 1. The van der Waals surface area contributed by atoms with Crippen molar-refractivity contribution in [3.63, 3.8) is 0 Å². The lowest BCUT2D eigenvalue weighted by molar-refractivity contribution is 0.274. The molecule has 2 rings (SSSR count). The molecule has 19 heavy (non-hydrogen) atoms. The molecule has 1 aromatic carbocycles. The second-order valence-electron chi connectivity index (χ2n) is 5.75. The first-order valence-electron chi connectivity index (χ1n) is 6.33. The van der Waals surface area contributed by atoms with Gasteiger partial charge in [-0.3, -0.25) is 0 Å². The smallest absolute Gasteiger partial charge is 0.125 e. The van der Waals surface area contributed by atoms with Crippen molar-refractivity contribution in [2.75, 3.05) is 7.11 Å². The third-order valence-electron chi connectivity index (χ3n) is 3.25. The Morgan fingerprint density at radius 1 is 1.16 bits per heavy atom. The van der Waals surface area contributed by atoms with Gasteiger partial charge < -0.3 is 9.84 Å². The molecule has 0 saturated heterocycles. The number of benzene rings is 1. The molecule has 1 heterocycles. The number of aromatic nitrogens is 2. The van der Waals surface area contributed by atoms with Crippen LogP contribution in [0.2, 0.25) is 0 Å². The zero-order valence-corrected chi connectivity index (χ0v) is 12.1. The molecule has 4 heteroatoms. The van der Waals surface area contributed by atoms with Crippen LogP contribution in [0.1, 0.15) is 37.7 Å². The summed E-state index contributed by atoms with van der Waals surface area (Å²) in [5, 5.41) is 20.1. The van der Waals surface area contributed by atoms with Gasteiger partial charge in [-0.25, -0.2) is 0 Å². The predicted octanol–water partition coefficient (Wildman–Crippen LogP) is 2.74. The number of rotatable bonds is 2. The van der Waals surface area contributed by atoms with Crippen molar-refractivity contribution in [1.82, 2.24) is 10.2 Å². The minimum atomic E-state index is -0.0970. The SMILES string of the molecule is COc1cc2c(C)nnc(C(C)(C)C)c2cc1CO. The molecule has 0 aliphatic carbocycles. The fraction of sp³-hybridized carbons (Fsp3) is 0.467. The molecule has 0 amide bonds. The van der Waals surface area contributed by atoms with Gasteiger partial charge in [0.05, 0.1) is 25.1 Å². The van der Waals surface area contributed by atoms with Gasteiger partial charge in [-0.05, 0) is 19.1 Å². The molecule has 2 aromatic rings. The average Bonchev–Trinajstić information content (AvgIpc) is 2.36. The Labute approximate surface area is 113 Å². The molecule has 1 N–H and O–H groups in total. The normalized spacial score (nSPS) is 11.9. The van der Waals surface area contributed by atoms with Crippen LogP contribution >= 0.6 is 0 Å². The number of nitrogens with zero attached hydrogens (tertiary/aromatic N) is 2. The summed E-state index contributed by atoms with van der Waals surface area (Å²) >= 11 is 0. The van der Waals surface area contributed by atoms with Gasteiger partial charge in [0.25, 0.3) is 0 Å². The average molecular weight is 260 g/mol. The molecule has 102 valence electrons. The maximum absolute atomic E-state index is 9.46. The second-order valence-corrected chi connectivity index (χ2v) is 5.75. The molecule has 0 saturated carbocycles. The molecule has 0 spiro atoms. The van der Waals surface area contributed by atoms with Crippen molar-refractivity contribution in [3.05, 3.63) is 29.1 Å². The van der Waals surface area contributed by atoms with E-state index in [0.29, 0.717) is 5.75 Å². The molecule has 4 nitrogen and oxygen atoms in total. The van der Waals surface area contributed by atoms with Crippen LogP contribution in [-0.2, 0) is 12.0 Å². The minimum absolute atomic E-state index is 0.0515. The molecule has 0 fully saturated rings. The summed E-state index contributed by atoms with van der Waals surface area (Å²) in [4.78, 5) is 0. The molecule has 0 radical (unpaired) electrons. The van der Waals surface area contributed by atoms with Crippen molar-refractivity contribution in [1.29, 1.82) is 0 Å². The van der Waals surface area contributed by atoms with E-state index < -0.39 is 0 Å². The Kier molecular flexibility index (Phi) is 3.45. The summed E-state index contributed by atoms with van der Waals surface area (Å²) in [7, 11) is 1.61. The number of aryl methyl sites for hydroxylation is 1. The van der Waals surface area contributed by atoms with Gasteiger partial charge in [-0.1, -0.05) is 20.8 Å². The number of ether oxygens (including phenoxy) is 1. The van der Waals surface area contributed by atoms with Gasteiger partial charge in [0.15, 0.2) is 0 Å². The second kappa shape index (κ2) is 4.78. The number of hydrogen-bond donors (Lipinski definition) is 1. The summed E-state index contributed by atoms with van der Waals surface area (Å²) in [6.45, 7) is 8.20. The number of aliphatic hydroxyl groups excluding tert-OH is 1. The number of methoxy groups -OCH3 is 1. The van der Waals surface area contributed by atoms with E-state index in [2.05, 4.69) is 31.0 Å². The van der Waals surface area contributed by atoms with E-state index in [0.717, 1.165) is 27.7 Å². The number of hydrogen-bond acceptors (Lipinski definition) is 4. The van der Waals surface area contributed by atoms with Crippen LogP contribution in [0.4, 0.5) is 0 Å². The largest absolute Gasteiger partial charge is 0.496 e. The highest BCUT2D eigenvalue weighted by atomic mass is 16.5. The quantitative estimate of drug-likeness (QED) is 0.902. The van der Waals surface area contributed by atoms with E-state index >= 15 is 0 Å². The Hall–Kier alpha value is -1.68. The highest BCUT2D eigenvalue weighted by molar-refractivity contribution is 5.89. The fourth-order valence-electron chi connectivity index (χ4n) is 2.22. The van der Waals surface area contributed by atoms with Crippen LogP contribution in [0, 0.1) is 6.92 Å². The first kappa shape index (κ1) is 13.7. The summed E-state index contributed by atoms with van der Waals surface area (Å²) in [6, 6.07) is 3.89. The predicted molar refractivity (Wildman–Crippen MR) is 75.4 cm³/mol. The Balaban J connectivity index is 2.85. The molecular weight excluding hydrogens is 240 g/mol. The van der Waals surface area contributed by atoms with E-state index in [9.17, 15) is 5.11 Å². The minimum Gasteiger partial charge on any atom is -0.496 e. The van der Waals surface area contributed by atoms with Crippen molar-refractivity contribution in [2.24, 2.45) is 0 Å². The van der Waals surface area contributed by atoms with Crippen LogP contribution < -0.4 is 4.74 Å². The van der Waals surface area contributed by atoms with Crippen molar-refractivity contribution in [2.45, 2.75) is 39.7 Å². The summed E-state index contributed by atoms with van der Waals surface area (Å²) < 4.78 is 5.32. The zero-order chi connectivity index (χ0) is 14.2. The number of fused-ring (bicyclic) bond motifs is 1. The third-order valence-corrected chi connectivity index (χ3v) is 3.25. The molecule has 0 atom stereocenters. The van der Waals surface area contributed by atoms with E-state index in [4.69, 9.17) is 4.74 Å². The molecule has 0 aliphatic rings. The van der Waals surface area contributed by atoms with Gasteiger partial charge in [0, 0.05) is 21.8 Å². The Bertz CT molecular complexity index is 616. The van der Waals surface area contributed by atoms with E-state index in [1.165, 1.54) is 0 Å². The van der Waals surface area contributed by atoms with Gasteiger partial charge in [-0.2, -0.15) is 10.2 Å². The topological polar surface area (TPSA) is 55.2 Å². The molecule has 0 bridgehead atoms.